The second kappa shape index (κ2) is 6.54. The fourth-order valence-electron chi connectivity index (χ4n) is 1.57. The number of pyridine rings is 1. The zero-order chi connectivity index (χ0) is 13.5. The third kappa shape index (κ3) is 2.40. The van der Waals surface area contributed by atoms with Crippen LogP contribution >= 0.6 is 0 Å². The molecule has 0 bridgehead atoms. The summed E-state index contributed by atoms with van der Waals surface area (Å²) >= 11 is 0. The van der Waals surface area contributed by atoms with E-state index < -0.39 is 0 Å². The molecular formula is C13H18N4O. The number of aromatic amines is 2. The number of hydrogen-bond donors (Lipinski definition) is 2. The molecule has 0 spiro atoms. The fraction of sp³-hybridized carbons (Fsp3) is 0.308. The number of aromatic nitrogens is 4. The summed E-state index contributed by atoms with van der Waals surface area (Å²) in [6.45, 7) is 8.00. The van der Waals surface area contributed by atoms with Gasteiger partial charge in [0.1, 0.15) is 5.65 Å². The largest absolute Gasteiger partial charge is 0.339 e. The van der Waals surface area contributed by atoms with Gasteiger partial charge in [0.25, 0.3) is 5.56 Å². The van der Waals surface area contributed by atoms with Gasteiger partial charge in [-0.05, 0) is 6.07 Å². The molecule has 0 aliphatic carbocycles. The molecule has 0 aromatic carbocycles. The third-order valence-corrected chi connectivity index (χ3v) is 2.20. The van der Waals surface area contributed by atoms with Gasteiger partial charge < -0.3 is 9.97 Å². The molecule has 5 nitrogen and oxygen atoms in total. The van der Waals surface area contributed by atoms with Crippen LogP contribution in [0.25, 0.3) is 21.9 Å². The van der Waals surface area contributed by atoms with Gasteiger partial charge in [0.2, 0.25) is 0 Å². The Morgan fingerprint density at radius 2 is 1.89 bits per heavy atom. The summed E-state index contributed by atoms with van der Waals surface area (Å²) in [5.41, 5.74) is 1.32. The van der Waals surface area contributed by atoms with Crippen LogP contribution in [0.4, 0.5) is 0 Å². The molecule has 3 aromatic heterocycles. The Balaban J connectivity index is 0.000000371. The summed E-state index contributed by atoms with van der Waals surface area (Å²) in [7, 11) is 0. The number of rotatable bonds is 0. The number of nitrogens with zero attached hydrogens (tertiary/aromatic N) is 2. The Hall–Kier alpha value is -2.17. The van der Waals surface area contributed by atoms with E-state index in [2.05, 4.69) is 19.9 Å². The third-order valence-electron chi connectivity index (χ3n) is 2.20. The second-order valence-corrected chi connectivity index (χ2v) is 3.00. The van der Waals surface area contributed by atoms with Gasteiger partial charge in [-0.2, -0.15) is 0 Å². The van der Waals surface area contributed by atoms with E-state index in [-0.39, 0.29) is 5.56 Å². The van der Waals surface area contributed by atoms with Gasteiger partial charge in [0.15, 0.2) is 0 Å². The first-order valence-corrected chi connectivity index (χ1v) is 6.15. The monoisotopic (exact) mass is 246 g/mol. The maximum Gasteiger partial charge on any atom is 0.260 e. The molecule has 0 saturated heterocycles. The average Bonchev–Trinajstić information content (AvgIpc) is 2.83. The molecular weight excluding hydrogens is 228 g/mol. The molecule has 96 valence electrons. The van der Waals surface area contributed by atoms with Crippen molar-refractivity contribution in [2.75, 3.05) is 0 Å². The van der Waals surface area contributed by atoms with E-state index in [4.69, 9.17) is 0 Å². The summed E-state index contributed by atoms with van der Waals surface area (Å²) in [6.07, 6.45) is 4.71. The van der Waals surface area contributed by atoms with E-state index >= 15 is 0 Å². The normalized spacial score (nSPS) is 9.33. The minimum atomic E-state index is -0.144. The highest BCUT2D eigenvalue weighted by atomic mass is 16.1. The Morgan fingerprint density at radius 3 is 2.61 bits per heavy atom. The van der Waals surface area contributed by atoms with Gasteiger partial charge in [0, 0.05) is 17.8 Å². The average molecular weight is 246 g/mol. The zero-order valence-corrected chi connectivity index (χ0v) is 11.1. The molecule has 0 unspecified atom stereocenters. The maximum atomic E-state index is 11.5. The number of H-pyrrole nitrogens is 2. The van der Waals surface area contributed by atoms with Crippen LogP contribution in [-0.2, 0) is 0 Å². The van der Waals surface area contributed by atoms with Crippen LogP contribution in [0.15, 0.2) is 29.6 Å². The van der Waals surface area contributed by atoms with Gasteiger partial charge >= 0.3 is 0 Å². The van der Waals surface area contributed by atoms with Crippen molar-refractivity contribution in [3.05, 3.63) is 35.1 Å². The number of fused-ring (bicyclic) bond motifs is 3. The fourth-order valence-corrected chi connectivity index (χ4v) is 1.57. The van der Waals surface area contributed by atoms with Crippen molar-refractivity contribution in [3.8, 4) is 0 Å². The highest BCUT2D eigenvalue weighted by Gasteiger charge is 2.07. The Bertz CT molecular complexity index is 669. The molecule has 3 heterocycles. The van der Waals surface area contributed by atoms with E-state index in [9.17, 15) is 4.79 Å². The van der Waals surface area contributed by atoms with E-state index in [0.29, 0.717) is 11.0 Å². The van der Waals surface area contributed by atoms with Crippen molar-refractivity contribution >= 4 is 21.9 Å². The molecule has 0 fully saturated rings. The minimum absolute atomic E-state index is 0.144. The molecule has 0 saturated carbocycles. The first-order valence-electron chi connectivity index (χ1n) is 6.15. The first-order chi connectivity index (χ1) is 8.86. The minimum Gasteiger partial charge on any atom is -0.339 e. The maximum absolute atomic E-state index is 11.5. The quantitative estimate of drug-likeness (QED) is 0.640. The van der Waals surface area contributed by atoms with Crippen LogP contribution in [0.5, 0.6) is 0 Å². The van der Waals surface area contributed by atoms with Crippen molar-refractivity contribution in [1.82, 2.24) is 19.9 Å². The van der Waals surface area contributed by atoms with Crippen molar-refractivity contribution in [1.29, 1.82) is 0 Å². The zero-order valence-electron chi connectivity index (χ0n) is 11.1. The number of nitrogens with one attached hydrogen (secondary N) is 2. The molecule has 0 amide bonds. The van der Waals surface area contributed by atoms with Gasteiger partial charge in [-0.25, -0.2) is 4.98 Å². The summed E-state index contributed by atoms with van der Waals surface area (Å²) < 4.78 is 0. The van der Waals surface area contributed by atoms with Gasteiger partial charge in [-0.15, -0.1) is 0 Å². The predicted octanol–water partition coefficient (Wildman–Crippen LogP) is 2.85. The molecule has 3 rings (SSSR count). The van der Waals surface area contributed by atoms with Crippen molar-refractivity contribution < 1.29 is 0 Å². The molecule has 0 aliphatic heterocycles. The van der Waals surface area contributed by atoms with Gasteiger partial charge in [0.05, 0.1) is 17.2 Å². The van der Waals surface area contributed by atoms with Crippen LogP contribution in [0.3, 0.4) is 0 Å². The van der Waals surface area contributed by atoms with Crippen molar-refractivity contribution in [2.24, 2.45) is 0 Å². The lowest BCUT2D eigenvalue weighted by molar-refractivity contribution is 1.16. The van der Waals surface area contributed by atoms with E-state index in [1.807, 2.05) is 33.8 Å². The van der Waals surface area contributed by atoms with E-state index in [1.54, 1.807) is 12.4 Å². The highest BCUT2D eigenvalue weighted by molar-refractivity contribution is 6.04. The van der Waals surface area contributed by atoms with Gasteiger partial charge in [-0.1, -0.05) is 27.7 Å². The molecule has 0 atom stereocenters. The standard InChI is InChI=1S/C9H6N4O.2C2H6/c14-9-7-5-3-10-2-1-6(5)13-8(7)11-4-12-9;2*1-2/h1-4H,(H2,11,12,13,14);2*1-2H3. The van der Waals surface area contributed by atoms with E-state index in [0.717, 1.165) is 10.9 Å². The molecule has 0 aliphatic rings. The second-order valence-electron chi connectivity index (χ2n) is 3.00. The lowest BCUT2D eigenvalue weighted by Gasteiger charge is -1.86. The Labute approximate surface area is 105 Å². The smallest absolute Gasteiger partial charge is 0.260 e. The molecule has 3 aromatic rings. The summed E-state index contributed by atoms with van der Waals surface area (Å²) in [4.78, 5) is 25.1. The molecule has 5 heteroatoms. The van der Waals surface area contributed by atoms with Crippen LogP contribution in [0, 0.1) is 0 Å². The highest BCUT2D eigenvalue weighted by Crippen LogP contribution is 2.18. The van der Waals surface area contributed by atoms with Crippen LogP contribution < -0.4 is 5.56 Å². The van der Waals surface area contributed by atoms with Crippen molar-refractivity contribution in [3.63, 3.8) is 0 Å². The molecule has 18 heavy (non-hydrogen) atoms. The summed E-state index contributed by atoms with van der Waals surface area (Å²) in [6, 6.07) is 1.82. The Morgan fingerprint density at radius 1 is 1.17 bits per heavy atom. The van der Waals surface area contributed by atoms with Crippen LogP contribution in [-0.4, -0.2) is 19.9 Å². The summed E-state index contributed by atoms with van der Waals surface area (Å²) in [5, 5.41) is 1.37. The predicted molar refractivity (Wildman–Crippen MR) is 74.7 cm³/mol. The molecule has 0 radical (unpaired) electrons. The SMILES string of the molecule is CC.CC.O=c1[nH]cnc2[nH]c3ccncc3c12. The topological polar surface area (TPSA) is 74.4 Å². The van der Waals surface area contributed by atoms with Crippen LogP contribution in [0.2, 0.25) is 0 Å². The van der Waals surface area contributed by atoms with Gasteiger partial charge in [-0.3, -0.25) is 9.78 Å². The lowest BCUT2D eigenvalue weighted by atomic mass is 10.2. The molecule has 2 N–H and O–H groups in total. The van der Waals surface area contributed by atoms with Crippen LogP contribution in [0.1, 0.15) is 27.7 Å². The lowest BCUT2D eigenvalue weighted by Crippen LogP contribution is -2.04. The van der Waals surface area contributed by atoms with Crippen molar-refractivity contribution in [2.45, 2.75) is 27.7 Å². The number of hydrogen-bond acceptors (Lipinski definition) is 3. The first kappa shape index (κ1) is 13.9. The van der Waals surface area contributed by atoms with E-state index in [1.165, 1.54) is 6.33 Å². The Kier molecular flexibility index (Phi) is 5.05. The summed E-state index contributed by atoms with van der Waals surface area (Å²) in [5.74, 6) is 0.